The molecule has 3 aromatic rings. The average Bonchev–Trinajstić information content (AvgIpc) is 2.81. The molecule has 0 spiro atoms. The third-order valence-electron chi connectivity index (χ3n) is 3.14. The number of carbonyl (C=O) groups excluding carboxylic acids is 1. The molecule has 0 saturated carbocycles. The zero-order valence-electron chi connectivity index (χ0n) is 11.4. The van der Waals surface area contributed by atoms with Crippen molar-refractivity contribution in [2.75, 3.05) is 5.32 Å². The molecular weight excluding hydrogens is 332 g/mol. The van der Waals surface area contributed by atoms with Crippen molar-refractivity contribution in [2.24, 2.45) is 0 Å². The van der Waals surface area contributed by atoms with E-state index in [0.717, 1.165) is 21.1 Å². The molecule has 1 aromatic heterocycles. The van der Waals surface area contributed by atoms with E-state index >= 15 is 0 Å². The summed E-state index contributed by atoms with van der Waals surface area (Å²) in [7, 11) is 0. The van der Waals surface area contributed by atoms with Crippen LogP contribution < -0.4 is 5.32 Å². The van der Waals surface area contributed by atoms with Crippen molar-refractivity contribution in [3.05, 3.63) is 58.2 Å². The molecule has 0 bridgehead atoms. The van der Waals surface area contributed by atoms with Crippen LogP contribution in [0.15, 0.2) is 51.5 Å². The summed E-state index contributed by atoms with van der Waals surface area (Å²) in [6.07, 6.45) is 0.183. The Morgan fingerprint density at radius 2 is 2.14 bits per heavy atom. The molecule has 0 radical (unpaired) electrons. The van der Waals surface area contributed by atoms with Gasteiger partial charge in [-0.05, 0) is 37.3 Å². The van der Waals surface area contributed by atoms with Crippen molar-refractivity contribution in [2.45, 2.75) is 13.3 Å². The lowest BCUT2D eigenvalue weighted by Gasteiger charge is -2.04. The first kappa shape index (κ1) is 13.8. The minimum absolute atomic E-state index is 0.121. The van der Waals surface area contributed by atoms with Gasteiger partial charge in [0.2, 0.25) is 5.91 Å². The number of nitrogens with one attached hydrogen (secondary N) is 1. The fourth-order valence-electron chi connectivity index (χ4n) is 2.15. The SMILES string of the molecule is Cc1ccc2onc(CC(=O)Nc3cccc(Br)c3)c2c1. The Balaban J connectivity index is 1.79. The van der Waals surface area contributed by atoms with Gasteiger partial charge in [-0.3, -0.25) is 4.79 Å². The lowest BCUT2D eigenvalue weighted by Crippen LogP contribution is -2.14. The first-order valence-electron chi connectivity index (χ1n) is 6.52. The second kappa shape index (κ2) is 5.69. The summed E-state index contributed by atoms with van der Waals surface area (Å²) in [5, 5.41) is 7.73. The Hall–Kier alpha value is -2.14. The lowest BCUT2D eigenvalue weighted by molar-refractivity contribution is -0.115. The number of carbonyl (C=O) groups is 1. The molecule has 0 atom stereocenters. The fraction of sp³-hybridized carbons (Fsp3) is 0.125. The van der Waals surface area contributed by atoms with Crippen LogP contribution in [0.3, 0.4) is 0 Å². The summed E-state index contributed by atoms with van der Waals surface area (Å²) in [6, 6.07) is 13.3. The molecule has 0 fully saturated rings. The summed E-state index contributed by atoms with van der Waals surface area (Å²) in [5.41, 5.74) is 3.21. The molecule has 3 rings (SSSR count). The highest BCUT2D eigenvalue weighted by Crippen LogP contribution is 2.21. The number of hydrogen-bond donors (Lipinski definition) is 1. The van der Waals surface area contributed by atoms with Crippen LogP contribution in [0.5, 0.6) is 0 Å². The zero-order valence-corrected chi connectivity index (χ0v) is 13.0. The van der Waals surface area contributed by atoms with Gasteiger partial charge in [0.05, 0.1) is 6.42 Å². The molecule has 0 aliphatic heterocycles. The maximum absolute atomic E-state index is 12.1. The molecule has 0 aliphatic carbocycles. The Bertz CT molecular complexity index is 811. The van der Waals surface area contributed by atoms with Crippen LogP contribution in [0.4, 0.5) is 5.69 Å². The van der Waals surface area contributed by atoms with Crippen molar-refractivity contribution in [3.8, 4) is 0 Å². The van der Waals surface area contributed by atoms with Crippen molar-refractivity contribution >= 4 is 38.5 Å². The monoisotopic (exact) mass is 344 g/mol. The zero-order chi connectivity index (χ0) is 14.8. The molecule has 0 aliphatic rings. The van der Waals surface area contributed by atoms with E-state index < -0.39 is 0 Å². The highest BCUT2D eigenvalue weighted by Gasteiger charge is 2.12. The van der Waals surface area contributed by atoms with Crippen LogP contribution in [0, 0.1) is 6.92 Å². The van der Waals surface area contributed by atoms with Gasteiger partial charge in [-0.15, -0.1) is 0 Å². The smallest absolute Gasteiger partial charge is 0.230 e. The van der Waals surface area contributed by atoms with Gasteiger partial charge in [0.25, 0.3) is 0 Å². The normalized spacial score (nSPS) is 10.8. The van der Waals surface area contributed by atoms with Crippen LogP contribution in [-0.2, 0) is 11.2 Å². The third kappa shape index (κ3) is 3.13. The van der Waals surface area contributed by atoms with Crippen LogP contribution in [-0.4, -0.2) is 11.1 Å². The largest absolute Gasteiger partial charge is 0.356 e. The van der Waals surface area contributed by atoms with E-state index in [4.69, 9.17) is 4.52 Å². The average molecular weight is 345 g/mol. The second-order valence-electron chi connectivity index (χ2n) is 4.86. The van der Waals surface area contributed by atoms with E-state index in [2.05, 4.69) is 26.4 Å². The van der Waals surface area contributed by atoms with Crippen molar-refractivity contribution < 1.29 is 9.32 Å². The highest BCUT2D eigenvalue weighted by atomic mass is 79.9. The van der Waals surface area contributed by atoms with Gasteiger partial charge in [0.15, 0.2) is 5.58 Å². The van der Waals surface area contributed by atoms with Crippen LogP contribution in [0.25, 0.3) is 11.0 Å². The van der Waals surface area contributed by atoms with Gasteiger partial charge in [0, 0.05) is 15.5 Å². The van der Waals surface area contributed by atoms with Gasteiger partial charge in [0.1, 0.15) is 5.69 Å². The molecule has 1 amide bonds. The number of aromatic nitrogens is 1. The number of aryl methyl sites for hydroxylation is 1. The molecule has 5 heteroatoms. The molecule has 4 nitrogen and oxygen atoms in total. The lowest BCUT2D eigenvalue weighted by atomic mass is 10.1. The Morgan fingerprint density at radius 1 is 1.29 bits per heavy atom. The number of fused-ring (bicyclic) bond motifs is 1. The third-order valence-corrected chi connectivity index (χ3v) is 3.63. The molecule has 106 valence electrons. The van der Waals surface area contributed by atoms with Crippen LogP contribution in [0.1, 0.15) is 11.3 Å². The Morgan fingerprint density at radius 3 is 2.95 bits per heavy atom. The number of anilines is 1. The Kier molecular flexibility index (Phi) is 3.75. The van der Waals surface area contributed by atoms with Crippen molar-refractivity contribution in [3.63, 3.8) is 0 Å². The molecule has 1 heterocycles. The predicted octanol–water partition coefficient (Wildman–Crippen LogP) is 4.08. The highest BCUT2D eigenvalue weighted by molar-refractivity contribution is 9.10. The quantitative estimate of drug-likeness (QED) is 0.778. The van der Waals surface area contributed by atoms with Gasteiger partial charge >= 0.3 is 0 Å². The van der Waals surface area contributed by atoms with E-state index in [9.17, 15) is 4.79 Å². The first-order valence-corrected chi connectivity index (χ1v) is 7.31. The molecule has 0 unspecified atom stereocenters. The minimum Gasteiger partial charge on any atom is -0.356 e. The summed E-state index contributed by atoms with van der Waals surface area (Å²) >= 11 is 3.37. The number of halogens is 1. The molecule has 2 aromatic carbocycles. The van der Waals surface area contributed by atoms with Gasteiger partial charge in [-0.2, -0.15) is 0 Å². The van der Waals surface area contributed by atoms with Crippen LogP contribution >= 0.6 is 15.9 Å². The standard InChI is InChI=1S/C16H13BrN2O2/c1-10-5-6-15-13(7-10)14(19-21-15)9-16(20)18-12-4-2-3-11(17)8-12/h2-8H,9H2,1H3,(H,18,20). The summed E-state index contributed by atoms with van der Waals surface area (Å²) in [5.74, 6) is -0.121. The number of hydrogen-bond acceptors (Lipinski definition) is 3. The molecule has 21 heavy (non-hydrogen) atoms. The number of rotatable bonds is 3. The molecule has 1 N–H and O–H groups in total. The van der Waals surface area contributed by atoms with Gasteiger partial charge < -0.3 is 9.84 Å². The minimum atomic E-state index is -0.121. The number of nitrogens with zero attached hydrogens (tertiary/aromatic N) is 1. The van der Waals surface area contributed by atoms with E-state index in [1.54, 1.807) is 0 Å². The van der Waals surface area contributed by atoms with Crippen molar-refractivity contribution in [1.29, 1.82) is 0 Å². The summed E-state index contributed by atoms with van der Waals surface area (Å²) in [4.78, 5) is 12.1. The van der Waals surface area contributed by atoms with E-state index in [-0.39, 0.29) is 12.3 Å². The predicted molar refractivity (Wildman–Crippen MR) is 85.2 cm³/mol. The second-order valence-corrected chi connectivity index (χ2v) is 5.78. The van der Waals surface area contributed by atoms with Gasteiger partial charge in [-0.25, -0.2) is 0 Å². The first-order chi connectivity index (χ1) is 10.1. The van der Waals surface area contributed by atoms with E-state index in [1.165, 1.54) is 0 Å². The fourth-order valence-corrected chi connectivity index (χ4v) is 2.55. The summed E-state index contributed by atoms with van der Waals surface area (Å²) < 4.78 is 6.16. The maximum Gasteiger partial charge on any atom is 0.230 e. The Labute approximate surface area is 130 Å². The van der Waals surface area contributed by atoms with Crippen molar-refractivity contribution in [1.82, 2.24) is 5.16 Å². The molecular formula is C16H13BrN2O2. The van der Waals surface area contributed by atoms with Gasteiger partial charge in [-0.1, -0.05) is 38.8 Å². The van der Waals surface area contributed by atoms with E-state index in [0.29, 0.717) is 11.3 Å². The van der Waals surface area contributed by atoms with Crippen LogP contribution in [0.2, 0.25) is 0 Å². The maximum atomic E-state index is 12.1. The summed E-state index contributed by atoms with van der Waals surface area (Å²) in [6.45, 7) is 2.00. The number of amides is 1. The number of benzene rings is 2. The molecule has 0 saturated heterocycles. The topological polar surface area (TPSA) is 55.1 Å². The van der Waals surface area contributed by atoms with E-state index in [1.807, 2.05) is 49.4 Å².